The fourth-order valence-corrected chi connectivity index (χ4v) is 4.67. The summed E-state index contributed by atoms with van der Waals surface area (Å²) in [7, 11) is 0. The molecular weight excluding hydrogens is 372 g/mol. The van der Waals surface area contributed by atoms with Crippen molar-refractivity contribution in [1.29, 1.82) is 0 Å². The highest BCUT2D eigenvalue weighted by Crippen LogP contribution is 2.35. The van der Waals surface area contributed by atoms with Crippen LogP contribution < -0.4 is 5.32 Å². The van der Waals surface area contributed by atoms with Crippen molar-refractivity contribution < 1.29 is 4.79 Å². The first-order valence-corrected chi connectivity index (χ1v) is 9.74. The zero-order valence-electron chi connectivity index (χ0n) is 13.0. The van der Waals surface area contributed by atoms with Crippen molar-refractivity contribution >= 4 is 50.3 Å². The maximum absolute atomic E-state index is 12.5. The minimum Gasteiger partial charge on any atom is -0.347 e. The number of carbonyl (C=O) groups is 1. The molecule has 1 amide bonds. The molecule has 3 nitrogen and oxygen atoms in total. The predicted octanol–water partition coefficient (Wildman–Crippen LogP) is 5.61. The van der Waals surface area contributed by atoms with Gasteiger partial charge in [-0.05, 0) is 17.7 Å². The lowest BCUT2D eigenvalue weighted by molar-refractivity contribution is 0.0955. The van der Waals surface area contributed by atoms with Gasteiger partial charge in [-0.1, -0.05) is 48.0 Å². The molecule has 2 aromatic heterocycles. The number of nitrogens with zero attached hydrogens (tertiary/aromatic N) is 1. The van der Waals surface area contributed by atoms with Gasteiger partial charge >= 0.3 is 0 Å². The highest BCUT2D eigenvalue weighted by atomic mass is 35.5. The van der Waals surface area contributed by atoms with Crippen LogP contribution in [0.15, 0.2) is 60.1 Å². The number of carbonyl (C=O) groups excluding carboxylic acids is 1. The topological polar surface area (TPSA) is 42.0 Å². The van der Waals surface area contributed by atoms with Gasteiger partial charge < -0.3 is 5.32 Å². The van der Waals surface area contributed by atoms with Gasteiger partial charge in [0.15, 0.2) is 0 Å². The molecule has 2 aromatic carbocycles. The van der Waals surface area contributed by atoms with E-state index in [1.165, 1.54) is 11.3 Å². The number of fused-ring (bicyclic) bond motifs is 1. The first-order valence-electron chi connectivity index (χ1n) is 7.66. The Morgan fingerprint density at radius 3 is 2.84 bits per heavy atom. The van der Waals surface area contributed by atoms with E-state index in [0.717, 1.165) is 26.2 Å². The summed E-state index contributed by atoms with van der Waals surface area (Å²) < 4.78 is 1.02. The number of nitrogens with one attached hydrogen (secondary N) is 1. The van der Waals surface area contributed by atoms with E-state index in [0.29, 0.717) is 16.4 Å². The molecule has 0 saturated heterocycles. The van der Waals surface area contributed by atoms with E-state index in [4.69, 9.17) is 11.6 Å². The Labute approximate surface area is 157 Å². The summed E-state index contributed by atoms with van der Waals surface area (Å²) in [6, 6.07) is 15.8. The number of halogens is 1. The molecule has 0 radical (unpaired) electrons. The number of thiophene rings is 1. The average Bonchev–Trinajstić information content (AvgIpc) is 3.29. The third-order valence-electron chi connectivity index (χ3n) is 3.80. The van der Waals surface area contributed by atoms with Gasteiger partial charge in [0, 0.05) is 33.8 Å². The summed E-state index contributed by atoms with van der Waals surface area (Å²) in [5.41, 5.74) is 2.08. The molecule has 1 N–H and O–H groups in total. The van der Waals surface area contributed by atoms with Gasteiger partial charge in [-0.3, -0.25) is 4.79 Å². The Bertz CT molecular complexity index is 1040. The maximum atomic E-state index is 12.5. The summed E-state index contributed by atoms with van der Waals surface area (Å²) in [5, 5.41) is 7.33. The number of amides is 1. The maximum Gasteiger partial charge on any atom is 0.263 e. The molecule has 0 atom stereocenters. The zero-order valence-corrected chi connectivity index (χ0v) is 15.4. The van der Waals surface area contributed by atoms with E-state index >= 15 is 0 Å². The summed E-state index contributed by atoms with van der Waals surface area (Å²) in [4.78, 5) is 17.4. The van der Waals surface area contributed by atoms with Gasteiger partial charge in [0.25, 0.3) is 5.91 Å². The van der Waals surface area contributed by atoms with Crippen molar-refractivity contribution in [2.45, 2.75) is 6.54 Å². The van der Waals surface area contributed by atoms with Crippen LogP contribution in [-0.2, 0) is 6.54 Å². The van der Waals surface area contributed by atoms with E-state index in [1.807, 2.05) is 53.9 Å². The molecule has 0 unspecified atom stereocenters. The van der Waals surface area contributed by atoms with Crippen molar-refractivity contribution in [3.05, 3.63) is 75.6 Å². The van der Waals surface area contributed by atoms with Gasteiger partial charge in [0.1, 0.15) is 9.88 Å². The van der Waals surface area contributed by atoms with E-state index in [1.54, 1.807) is 17.5 Å². The van der Waals surface area contributed by atoms with E-state index in [-0.39, 0.29) is 5.91 Å². The number of aromatic nitrogens is 1. The van der Waals surface area contributed by atoms with E-state index in [9.17, 15) is 4.79 Å². The molecular formula is C19H13ClN2OS2. The molecule has 4 aromatic rings. The van der Waals surface area contributed by atoms with Gasteiger partial charge in [0.05, 0.1) is 5.02 Å². The molecule has 0 aliphatic rings. The van der Waals surface area contributed by atoms with Crippen LogP contribution in [0.1, 0.15) is 15.2 Å². The molecule has 4 rings (SSSR count). The fraction of sp³-hybridized carbons (Fsp3) is 0.0526. The van der Waals surface area contributed by atoms with Gasteiger partial charge in [-0.25, -0.2) is 4.98 Å². The highest BCUT2D eigenvalue weighted by Gasteiger charge is 2.16. The van der Waals surface area contributed by atoms with Crippen molar-refractivity contribution in [3.63, 3.8) is 0 Å². The van der Waals surface area contributed by atoms with Crippen LogP contribution in [0.5, 0.6) is 0 Å². The first kappa shape index (κ1) is 16.3. The molecule has 0 bridgehead atoms. The average molecular weight is 385 g/mol. The van der Waals surface area contributed by atoms with Crippen LogP contribution in [0.4, 0.5) is 0 Å². The van der Waals surface area contributed by atoms with E-state index < -0.39 is 0 Å². The molecule has 0 aliphatic heterocycles. The second-order valence-electron chi connectivity index (χ2n) is 5.46. The van der Waals surface area contributed by atoms with Crippen LogP contribution >= 0.6 is 34.3 Å². The van der Waals surface area contributed by atoms with E-state index in [2.05, 4.69) is 10.3 Å². The Morgan fingerprint density at radius 1 is 1.16 bits per heavy atom. The van der Waals surface area contributed by atoms with Gasteiger partial charge in [0.2, 0.25) is 0 Å². The smallest absolute Gasteiger partial charge is 0.263 e. The third-order valence-corrected chi connectivity index (χ3v) is 6.30. The second-order valence-corrected chi connectivity index (χ2v) is 7.79. The summed E-state index contributed by atoms with van der Waals surface area (Å²) in [5.74, 6) is -0.147. The second kappa shape index (κ2) is 6.96. The van der Waals surface area contributed by atoms with Gasteiger partial charge in [-0.2, -0.15) is 0 Å². The Morgan fingerprint density at radius 2 is 2.04 bits per heavy atom. The summed E-state index contributed by atoms with van der Waals surface area (Å²) in [6.07, 6.45) is 1.79. The summed E-state index contributed by atoms with van der Waals surface area (Å²) >= 11 is 9.38. The number of rotatable bonds is 4. The molecule has 0 fully saturated rings. The quantitative estimate of drug-likeness (QED) is 0.497. The SMILES string of the molecule is O=C(NCc1cccc(-c2nccs2)c1)c1sc2ccccc2c1Cl. The third kappa shape index (κ3) is 3.31. The predicted molar refractivity (Wildman–Crippen MR) is 106 cm³/mol. The fourth-order valence-electron chi connectivity index (χ4n) is 2.60. The molecule has 0 aliphatic carbocycles. The standard InChI is InChI=1S/C19H13ClN2OS2/c20-16-14-6-1-2-7-15(14)25-17(16)18(23)22-11-12-4-3-5-13(10-12)19-21-8-9-24-19/h1-10H,11H2,(H,22,23). The number of hydrogen-bond acceptors (Lipinski definition) is 4. The number of benzene rings is 2. The monoisotopic (exact) mass is 384 g/mol. The molecule has 124 valence electrons. The van der Waals surface area contributed by atoms with Crippen LogP contribution in [0.25, 0.3) is 20.7 Å². The number of hydrogen-bond donors (Lipinski definition) is 1. The molecule has 0 saturated carbocycles. The molecule has 0 spiro atoms. The van der Waals surface area contributed by atoms with Crippen LogP contribution in [0.3, 0.4) is 0 Å². The van der Waals surface area contributed by atoms with Crippen molar-refractivity contribution in [2.24, 2.45) is 0 Å². The van der Waals surface area contributed by atoms with Crippen LogP contribution in [0, 0.1) is 0 Å². The van der Waals surface area contributed by atoms with Gasteiger partial charge in [-0.15, -0.1) is 22.7 Å². The molecule has 25 heavy (non-hydrogen) atoms. The lowest BCUT2D eigenvalue weighted by Gasteiger charge is -2.06. The Kier molecular flexibility index (Phi) is 4.53. The molecule has 2 heterocycles. The highest BCUT2D eigenvalue weighted by molar-refractivity contribution is 7.21. The van der Waals surface area contributed by atoms with Crippen LogP contribution in [0.2, 0.25) is 5.02 Å². The lowest BCUT2D eigenvalue weighted by atomic mass is 10.1. The minimum atomic E-state index is -0.147. The normalized spacial score (nSPS) is 10.9. The van der Waals surface area contributed by atoms with Crippen molar-refractivity contribution in [2.75, 3.05) is 0 Å². The van der Waals surface area contributed by atoms with Crippen LogP contribution in [-0.4, -0.2) is 10.9 Å². The van der Waals surface area contributed by atoms with Crippen molar-refractivity contribution in [1.82, 2.24) is 10.3 Å². The number of thiazole rings is 1. The largest absolute Gasteiger partial charge is 0.347 e. The lowest BCUT2D eigenvalue weighted by Crippen LogP contribution is -2.22. The Hall–Kier alpha value is -2.21. The first-order chi connectivity index (χ1) is 12.2. The Balaban J connectivity index is 1.52. The van der Waals surface area contributed by atoms with Crippen molar-refractivity contribution in [3.8, 4) is 10.6 Å². The zero-order chi connectivity index (χ0) is 17.2. The summed E-state index contributed by atoms with van der Waals surface area (Å²) in [6.45, 7) is 0.447. The minimum absolute atomic E-state index is 0.147. The molecule has 6 heteroatoms.